The van der Waals surface area contributed by atoms with Gasteiger partial charge in [0.2, 0.25) is 11.0 Å². The lowest BCUT2D eigenvalue weighted by molar-refractivity contribution is -0.617. The zero-order valence-electron chi connectivity index (χ0n) is 13.5. The Balaban J connectivity index is 0.000000338. The van der Waals surface area contributed by atoms with Gasteiger partial charge in [0.05, 0.1) is 0 Å². The zero-order valence-corrected chi connectivity index (χ0v) is 13.5. The number of nitrogens with zero attached hydrogens (tertiary/aromatic N) is 1. The molecule has 122 valence electrons. The van der Waals surface area contributed by atoms with Gasteiger partial charge in [-0.2, -0.15) is 4.57 Å². The van der Waals surface area contributed by atoms with E-state index in [9.17, 15) is 17.3 Å². The maximum absolute atomic E-state index is 9.75. The molecule has 0 saturated heterocycles. The van der Waals surface area contributed by atoms with Crippen LogP contribution in [-0.2, 0) is 7.05 Å². The summed E-state index contributed by atoms with van der Waals surface area (Å²) in [7, 11) is -3.84. The molecule has 23 heavy (non-hydrogen) atoms. The molecule has 3 aromatic rings. The molecule has 0 aliphatic carbocycles. The van der Waals surface area contributed by atoms with Gasteiger partial charge < -0.3 is 17.3 Å². The Morgan fingerprint density at radius 1 is 0.739 bits per heavy atom. The van der Waals surface area contributed by atoms with Crippen molar-refractivity contribution in [1.82, 2.24) is 0 Å². The maximum Gasteiger partial charge on any atom is 0.673 e. The molecule has 0 aliphatic rings. The molecule has 0 spiro atoms. The van der Waals surface area contributed by atoms with Crippen LogP contribution in [0.3, 0.4) is 0 Å². The van der Waals surface area contributed by atoms with Gasteiger partial charge in [0, 0.05) is 22.9 Å². The summed E-state index contributed by atoms with van der Waals surface area (Å²) in [6.45, 7) is 6.51. The van der Waals surface area contributed by atoms with E-state index in [1.54, 1.807) is 0 Å². The van der Waals surface area contributed by atoms with E-state index >= 15 is 0 Å². The number of aromatic nitrogens is 1. The Morgan fingerprint density at radius 3 is 1.43 bits per heavy atom. The smallest absolute Gasteiger partial charge is 0.418 e. The van der Waals surface area contributed by atoms with Crippen molar-refractivity contribution in [1.29, 1.82) is 0 Å². The minimum absolute atomic E-state index is 1.31. The molecule has 1 heterocycles. The fourth-order valence-electron chi connectivity index (χ4n) is 2.75. The van der Waals surface area contributed by atoms with Crippen LogP contribution in [0.4, 0.5) is 17.3 Å². The molecule has 0 radical (unpaired) electrons. The lowest BCUT2D eigenvalue weighted by atomic mass is 10.0. The van der Waals surface area contributed by atoms with E-state index in [0.717, 1.165) is 0 Å². The van der Waals surface area contributed by atoms with E-state index in [1.807, 2.05) is 0 Å². The Kier molecular flexibility index (Phi) is 4.64. The minimum Gasteiger partial charge on any atom is -0.418 e. The average molecular weight is 323 g/mol. The van der Waals surface area contributed by atoms with Crippen LogP contribution in [0.2, 0.25) is 0 Å². The predicted molar refractivity (Wildman–Crippen MR) is 87.0 cm³/mol. The number of rotatable bonds is 0. The summed E-state index contributed by atoms with van der Waals surface area (Å²) < 4.78 is 41.3. The number of aryl methyl sites for hydroxylation is 4. The average Bonchev–Trinajstić information content (AvgIpc) is 2.43. The van der Waals surface area contributed by atoms with Gasteiger partial charge in [0.15, 0.2) is 0 Å². The lowest BCUT2D eigenvalue weighted by Gasteiger charge is -2.07. The molecule has 0 saturated carbocycles. The molecular formula is C17H18BF4N. The van der Waals surface area contributed by atoms with Gasteiger partial charge in [-0.3, -0.25) is 0 Å². The molecule has 0 aliphatic heterocycles. The number of pyridine rings is 1. The lowest BCUT2D eigenvalue weighted by Crippen LogP contribution is -2.30. The van der Waals surface area contributed by atoms with Crippen LogP contribution >= 0.6 is 0 Å². The first-order valence-electron chi connectivity index (χ1n) is 7.24. The quantitative estimate of drug-likeness (QED) is 0.236. The summed E-state index contributed by atoms with van der Waals surface area (Å²) in [5.74, 6) is 0. The summed E-state index contributed by atoms with van der Waals surface area (Å²) in [5, 5.41) is 2.69. The SMILES string of the molecule is Cc1ccc2c(C)c3ccc(C)cc3[n+](C)c2c1.F[B-](F)(F)F. The van der Waals surface area contributed by atoms with Crippen molar-refractivity contribution in [2.75, 3.05) is 0 Å². The van der Waals surface area contributed by atoms with Crippen molar-refractivity contribution in [2.24, 2.45) is 7.05 Å². The van der Waals surface area contributed by atoms with Crippen LogP contribution < -0.4 is 4.57 Å². The molecule has 1 nitrogen and oxygen atoms in total. The zero-order chi connectivity index (χ0) is 17.4. The third kappa shape index (κ3) is 4.00. The highest BCUT2D eigenvalue weighted by Gasteiger charge is 2.20. The Labute approximate surface area is 132 Å². The van der Waals surface area contributed by atoms with Gasteiger partial charge in [-0.05, 0) is 49.6 Å². The van der Waals surface area contributed by atoms with Gasteiger partial charge >= 0.3 is 7.25 Å². The van der Waals surface area contributed by atoms with E-state index < -0.39 is 7.25 Å². The van der Waals surface area contributed by atoms with Gasteiger partial charge in [-0.15, -0.1) is 0 Å². The normalized spacial score (nSPS) is 11.5. The fourth-order valence-corrected chi connectivity index (χ4v) is 2.75. The second-order valence-corrected chi connectivity index (χ2v) is 5.72. The van der Waals surface area contributed by atoms with Crippen molar-refractivity contribution >= 4 is 29.1 Å². The molecule has 3 rings (SSSR count). The molecule has 0 bridgehead atoms. The number of hydrogen-bond acceptors (Lipinski definition) is 0. The maximum atomic E-state index is 9.75. The second kappa shape index (κ2) is 6.18. The molecule has 0 fully saturated rings. The van der Waals surface area contributed by atoms with E-state index in [-0.39, 0.29) is 0 Å². The van der Waals surface area contributed by atoms with Crippen LogP contribution in [0.1, 0.15) is 16.7 Å². The topological polar surface area (TPSA) is 3.88 Å². The number of halogens is 4. The van der Waals surface area contributed by atoms with Crippen molar-refractivity contribution < 1.29 is 21.8 Å². The molecule has 1 aromatic heterocycles. The summed E-state index contributed by atoms with van der Waals surface area (Å²) >= 11 is 0. The molecule has 0 atom stereocenters. The predicted octanol–water partition coefficient (Wildman–Crippen LogP) is 5.04. The third-order valence-corrected chi connectivity index (χ3v) is 3.84. The van der Waals surface area contributed by atoms with Gasteiger partial charge in [0.25, 0.3) is 0 Å². The monoisotopic (exact) mass is 323 g/mol. The first kappa shape index (κ1) is 17.3. The van der Waals surface area contributed by atoms with Crippen LogP contribution in [0.25, 0.3) is 21.8 Å². The summed E-state index contributed by atoms with van der Waals surface area (Å²) in [6.07, 6.45) is 0. The largest absolute Gasteiger partial charge is 0.673 e. The van der Waals surface area contributed by atoms with Crippen LogP contribution in [-0.4, -0.2) is 7.25 Å². The van der Waals surface area contributed by atoms with Gasteiger partial charge in [-0.1, -0.05) is 12.1 Å². The number of hydrogen-bond donors (Lipinski definition) is 0. The molecular weight excluding hydrogens is 305 g/mol. The Bertz CT molecular complexity index is 803. The van der Waals surface area contributed by atoms with Gasteiger partial charge in [0.1, 0.15) is 7.05 Å². The van der Waals surface area contributed by atoms with E-state index in [4.69, 9.17) is 0 Å². The first-order valence-corrected chi connectivity index (χ1v) is 7.24. The van der Waals surface area contributed by atoms with Crippen molar-refractivity contribution in [2.45, 2.75) is 20.8 Å². The fraction of sp³-hybridized carbons (Fsp3) is 0.235. The van der Waals surface area contributed by atoms with E-state index in [1.165, 1.54) is 38.5 Å². The van der Waals surface area contributed by atoms with Crippen LogP contribution in [0.5, 0.6) is 0 Å². The molecule has 6 heteroatoms. The van der Waals surface area contributed by atoms with E-state index in [2.05, 4.69) is 68.8 Å². The summed E-state index contributed by atoms with van der Waals surface area (Å²) in [6, 6.07) is 13.4. The van der Waals surface area contributed by atoms with Gasteiger partial charge in [-0.25, -0.2) is 0 Å². The number of fused-ring (bicyclic) bond motifs is 2. The molecule has 0 N–H and O–H groups in total. The summed E-state index contributed by atoms with van der Waals surface area (Å²) in [4.78, 5) is 0. The van der Waals surface area contributed by atoms with Crippen molar-refractivity contribution in [3.63, 3.8) is 0 Å². The number of benzene rings is 2. The summed E-state index contributed by atoms with van der Waals surface area (Å²) in [5.41, 5.74) is 6.61. The van der Waals surface area contributed by atoms with Crippen LogP contribution in [0, 0.1) is 20.8 Å². The highest BCUT2D eigenvalue weighted by molar-refractivity contribution is 6.50. The first-order chi connectivity index (χ1) is 10.6. The molecule has 0 unspecified atom stereocenters. The van der Waals surface area contributed by atoms with Crippen molar-refractivity contribution in [3.8, 4) is 0 Å². The Hall–Kier alpha value is -2.11. The second-order valence-electron chi connectivity index (χ2n) is 5.72. The van der Waals surface area contributed by atoms with Crippen molar-refractivity contribution in [3.05, 3.63) is 53.1 Å². The standard InChI is InChI=1S/C17H18N.BF4/c1-11-5-7-14-13(3)15-8-6-12(2)10-17(15)18(4)16(14)9-11;2-1(3,4)5/h5-10H,1-4H3;/q+1;-1. The van der Waals surface area contributed by atoms with Crippen LogP contribution in [0.15, 0.2) is 36.4 Å². The highest BCUT2D eigenvalue weighted by atomic mass is 19.5. The Morgan fingerprint density at radius 2 is 1.09 bits per heavy atom. The minimum atomic E-state index is -6.00. The van der Waals surface area contributed by atoms with E-state index in [0.29, 0.717) is 0 Å². The molecule has 0 amide bonds. The highest BCUT2D eigenvalue weighted by Crippen LogP contribution is 2.25. The third-order valence-electron chi connectivity index (χ3n) is 3.84. The molecule has 2 aromatic carbocycles.